The number of nitrogens with one attached hydrogen (secondary N) is 1. The molecule has 0 unspecified atom stereocenters. The van der Waals surface area contributed by atoms with E-state index in [1.165, 1.54) is 0 Å². The molecule has 2 nitrogen and oxygen atoms in total. The number of halogens is 3. The molecule has 98 valence electrons. The molecule has 19 heavy (non-hydrogen) atoms. The number of nitrogens with two attached hydrogens (primary N) is 1. The molecule has 0 aliphatic heterocycles. The van der Waals surface area contributed by atoms with Crippen molar-refractivity contribution >= 4 is 40.2 Å². The molecule has 0 fully saturated rings. The fourth-order valence-corrected chi connectivity index (χ4v) is 1.91. The molecular formula is C13H9ClF2N2S. The Morgan fingerprint density at radius 3 is 2.53 bits per heavy atom. The van der Waals surface area contributed by atoms with E-state index in [2.05, 4.69) is 5.32 Å². The third-order valence-electron chi connectivity index (χ3n) is 2.44. The predicted molar refractivity (Wildman–Crippen MR) is 77.0 cm³/mol. The number of hydrogen-bond acceptors (Lipinski definition) is 2. The first-order valence-corrected chi connectivity index (χ1v) is 6.07. The quantitative estimate of drug-likeness (QED) is 0.841. The molecule has 0 aliphatic carbocycles. The Balaban J connectivity index is 2.43. The van der Waals surface area contributed by atoms with E-state index in [1.54, 1.807) is 18.2 Å². The van der Waals surface area contributed by atoms with E-state index in [9.17, 15) is 8.78 Å². The van der Waals surface area contributed by atoms with E-state index in [-0.39, 0.29) is 10.7 Å². The van der Waals surface area contributed by atoms with Gasteiger partial charge in [0.05, 0.1) is 5.69 Å². The zero-order valence-electron chi connectivity index (χ0n) is 9.58. The zero-order chi connectivity index (χ0) is 14.0. The van der Waals surface area contributed by atoms with Crippen LogP contribution in [0.2, 0.25) is 5.02 Å². The maximum atomic E-state index is 13.5. The molecule has 2 rings (SSSR count). The maximum absolute atomic E-state index is 13.5. The van der Waals surface area contributed by atoms with Crippen LogP contribution < -0.4 is 11.1 Å². The van der Waals surface area contributed by atoms with Gasteiger partial charge in [-0.3, -0.25) is 0 Å². The van der Waals surface area contributed by atoms with Gasteiger partial charge < -0.3 is 11.1 Å². The summed E-state index contributed by atoms with van der Waals surface area (Å²) in [5.41, 5.74) is 6.49. The van der Waals surface area contributed by atoms with E-state index in [4.69, 9.17) is 29.6 Å². The van der Waals surface area contributed by atoms with Crippen molar-refractivity contribution in [2.75, 3.05) is 5.32 Å². The minimum absolute atomic E-state index is 0.000164. The van der Waals surface area contributed by atoms with Crippen LogP contribution in [-0.4, -0.2) is 4.99 Å². The molecule has 2 aromatic carbocycles. The highest BCUT2D eigenvalue weighted by atomic mass is 35.5. The second-order valence-corrected chi connectivity index (χ2v) is 4.68. The summed E-state index contributed by atoms with van der Waals surface area (Å²) in [6, 6.07) is 7.88. The largest absolute Gasteiger partial charge is 0.389 e. The number of hydrogen-bond donors (Lipinski definition) is 2. The van der Waals surface area contributed by atoms with Crippen LogP contribution in [-0.2, 0) is 0 Å². The fraction of sp³-hybridized carbons (Fsp3) is 0. The molecule has 0 bridgehead atoms. The van der Waals surface area contributed by atoms with E-state index >= 15 is 0 Å². The number of anilines is 2. The summed E-state index contributed by atoms with van der Waals surface area (Å²) in [6.07, 6.45) is 0. The van der Waals surface area contributed by atoms with Crippen molar-refractivity contribution in [3.05, 3.63) is 58.6 Å². The highest BCUT2D eigenvalue weighted by Gasteiger charge is 2.09. The summed E-state index contributed by atoms with van der Waals surface area (Å²) in [6.45, 7) is 0. The van der Waals surface area contributed by atoms with Crippen molar-refractivity contribution in [2.24, 2.45) is 5.73 Å². The third kappa shape index (κ3) is 3.19. The van der Waals surface area contributed by atoms with Crippen molar-refractivity contribution in [2.45, 2.75) is 0 Å². The normalized spacial score (nSPS) is 10.3. The lowest BCUT2D eigenvalue weighted by Gasteiger charge is -2.12. The van der Waals surface area contributed by atoms with E-state index < -0.39 is 11.6 Å². The Morgan fingerprint density at radius 1 is 1.11 bits per heavy atom. The first-order chi connectivity index (χ1) is 8.97. The van der Waals surface area contributed by atoms with Gasteiger partial charge in [0.2, 0.25) is 0 Å². The van der Waals surface area contributed by atoms with Crippen LogP contribution in [0.3, 0.4) is 0 Å². The number of thiocarbonyl (C=S) groups is 1. The lowest BCUT2D eigenvalue weighted by molar-refractivity contribution is 0.603. The van der Waals surface area contributed by atoms with Crippen LogP contribution >= 0.6 is 23.8 Å². The Bertz CT molecular complexity index is 647. The average Bonchev–Trinajstić information content (AvgIpc) is 2.35. The van der Waals surface area contributed by atoms with Gasteiger partial charge in [0.25, 0.3) is 0 Å². The van der Waals surface area contributed by atoms with E-state index in [1.807, 2.05) is 0 Å². The van der Waals surface area contributed by atoms with Crippen LogP contribution in [0.25, 0.3) is 0 Å². The van der Waals surface area contributed by atoms with Gasteiger partial charge in [-0.25, -0.2) is 8.78 Å². The maximum Gasteiger partial charge on any atom is 0.146 e. The van der Waals surface area contributed by atoms with E-state index in [0.717, 1.165) is 18.2 Å². The number of rotatable bonds is 3. The van der Waals surface area contributed by atoms with Gasteiger partial charge in [0, 0.05) is 22.3 Å². The Morgan fingerprint density at radius 2 is 1.84 bits per heavy atom. The lowest BCUT2D eigenvalue weighted by Crippen LogP contribution is -2.12. The molecule has 0 atom stereocenters. The number of benzene rings is 2. The van der Waals surface area contributed by atoms with E-state index in [0.29, 0.717) is 16.3 Å². The van der Waals surface area contributed by atoms with Crippen molar-refractivity contribution in [3.8, 4) is 0 Å². The minimum atomic E-state index is -0.578. The summed E-state index contributed by atoms with van der Waals surface area (Å²) >= 11 is 10.7. The highest BCUT2D eigenvalue weighted by Crippen LogP contribution is 2.26. The van der Waals surface area contributed by atoms with Gasteiger partial charge in [-0.15, -0.1) is 0 Å². The van der Waals surface area contributed by atoms with Gasteiger partial charge in [-0.2, -0.15) is 0 Å². The molecule has 0 heterocycles. The molecule has 0 saturated heterocycles. The summed E-state index contributed by atoms with van der Waals surface area (Å²) in [7, 11) is 0. The molecule has 0 amide bonds. The highest BCUT2D eigenvalue weighted by molar-refractivity contribution is 7.80. The van der Waals surface area contributed by atoms with Gasteiger partial charge in [0.15, 0.2) is 0 Å². The van der Waals surface area contributed by atoms with Crippen molar-refractivity contribution < 1.29 is 8.78 Å². The van der Waals surface area contributed by atoms with Crippen LogP contribution in [0.1, 0.15) is 5.56 Å². The first kappa shape index (κ1) is 13.7. The van der Waals surface area contributed by atoms with Crippen LogP contribution in [0.15, 0.2) is 36.4 Å². The molecule has 2 aromatic rings. The standard InChI is InChI=1S/C13H9ClF2N2S/c14-7-1-4-11(9(5-7)13(17)19)18-12-6-8(15)2-3-10(12)16/h1-6,18H,(H2,17,19). The van der Waals surface area contributed by atoms with Crippen LogP contribution in [0, 0.1) is 11.6 Å². The van der Waals surface area contributed by atoms with Crippen molar-refractivity contribution in [1.82, 2.24) is 0 Å². The van der Waals surface area contributed by atoms with Gasteiger partial charge in [-0.1, -0.05) is 23.8 Å². The van der Waals surface area contributed by atoms with Gasteiger partial charge in [0.1, 0.15) is 16.6 Å². The van der Waals surface area contributed by atoms with Crippen molar-refractivity contribution in [3.63, 3.8) is 0 Å². The second-order valence-electron chi connectivity index (χ2n) is 3.80. The molecule has 0 spiro atoms. The van der Waals surface area contributed by atoms with Crippen LogP contribution in [0.4, 0.5) is 20.2 Å². The SMILES string of the molecule is NC(=S)c1cc(Cl)ccc1Nc1cc(F)ccc1F. The Kier molecular flexibility index (Phi) is 3.97. The fourth-order valence-electron chi connectivity index (χ4n) is 1.57. The van der Waals surface area contributed by atoms with Gasteiger partial charge in [-0.05, 0) is 30.3 Å². The topological polar surface area (TPSA) is 38.0 Å². The molecular weight excluding hydrogens is 290 g/mol. The Labute approximate surface area is 119 Å². The van der Waals surface area contributed by atoms with Crippen LogP contribution in [0.5, 0.6) is 0 Å². The van der Waals surface area contributed by atoms with Gasteiger partial charge >= 0.3 is 0 Å². The summed E-state index contributed by atoms with van der Waals surface area (Å²) in [5.74, 6) is -1.13. The average molecular weight is 299 g/mol. The molecule has 0 saturated carbocycles. The summed E-state index contributed by atoms with van der Waals surface area (Å²) < 4.78 is 26.6. The van der Waals surface area contributed by atoms with Crippen molar-refractivity contribution in [1.29, 1.82) is 0 Å². The molecule has 0 radical (unpaired) electrons. The second kappa shape index (κ2) is 5.50. The zero-order valence-corrected chi connectivity index (χ0v) is 11.2. The molecule has 0 aromatic heterocycles. The first-order valence-electron chi connectivity index (χ1n) is 5.29. The predicted octanol–water partition coefficient (Wildman–Crippen LogP) is 4.00. The molecule has 6 heteroatoms. The Hall–Kier alpha value is -1.72. The minimum Gasteiger partial charge on any atom is -0.389 e. The molecule has 3 N–H and O–H groups in total. The third-order valence-corrected chi connectivity index (χ3v) is 2.90. The monoisotopic (exact) mass is 298 g/mol. The smallest absolute Gasteiger partial charge is 0.146 e. The summed E-state index contributed by atoms with van der Waals surface area (Å²) in [5, 5.41) is 3.20. The lowest BCUT2D eigenvalue weighted by atomic mass is 10.1. The summed E-state index contributed by atoms with van der Waals surface area (Å²) in [4.78, 5) is 0.113. The molecule has 0 aliphatic rings.